The summed E-state index contributed by atoms with van der Waals surface area (Å²) in [4.78, 5) is 21.0. The van der Waals surface area contributed by atoms with E-state index in [4.69, 9.17) is 4.74 Å². The summed E-state index contributed by atoms with van der Waals surface area (Å²) in [7, 11) is 0. The zero-order valence-electron chi connectivity index (χ0n) is 15.0. The van der Waals surface area contributed by atoms with E-state index in [9.17, 15) is 9.18 Å². The van der Waals surface area contributed by atoms with E-state index in [1.54, 1.807) is 49.4 Å². The first-order valence-corrected chi connectivity index (χ1v) is 8.46. The van der Waals surface area contributed by atoms with Crippen molar-refractivity contribution < 1.29 is 13.9 Å². The van der Waals surface area contributed by atoms with Crippen LogP contribution in [0, 0.1) is 12.7 Å². The SMILES string of the molecule is CCOc1ccc(NC(=O)c2cc(Nc3ccc(F)cc3)nc(C)n2)cc1. The normalized spacial score (nSPS) is 10.3. The van der Waals surface area contributed by atoms with Crippen LogP contribution in [0.5, 0.6) is 5.75 Å². The van der Waals surface area contributed by atoms with Crippen LogP contribution in [0.25, 0.3) is 0 Å². The number of aryl methyl sites for hydroxylation is 1. The average Bonchev–Trinajstić information content (AvgIpc) is 2.65. The van der Waals surface area contributed by atoms with Crippen molar-refractivity contribution in [2.45, 2.75) is 13.8 Å². The molecule has 7 heteroatoms. The number of carbonyl (C=O) groups is 1. The zero-order chi connectivity index (χ0) is 19.2. The van der Waals surface area contributed by atoms with Crippen molar-refractivity contribution in [3.8, 4) is 5.75 Å². The van der Waals surface area contributed by atoms with Crippen LogP contribution < -0.4 is 15.4 Å². The number of rotatable bonds is 6. The van der Waals surface area contributed by atoms with E-state index in [-0.39, 0.29) is 17.4 Å². The Bertz CT molecular complexity index is 928. The van der Waals surface area contributed by atoms with Crippen LogP contribution in [0.2, 0.25) is 0 Å². The van der Waals surface area contributed by atoms with Gasteiger partial charge in [-0.1, -0.05) is 0 Å². The summed E-state index contributed by atoms with van der Waals surface area (Å²) in [5.74, 6) is 0.950. The summed E-state index contributed by atoms with van der Waals surface area (Å²) in [6.45, 7) is 4.18. The Labute approximate surface area is 156 Å². The molecule has 0 fully saturated rings. The summed E-state index contributed by atoms with van der Waals surface area (Å²) in [5, 5.41) is 5.83. The van der Waals surface area contributed by atoms with Crippen molar-refractivity contribution in [3.05, 3.63) is 71.9 Å². The van der Waals surface area contributed by atoms with Crippen LogP contribution in [-0.4, -0.2) is 22.5 Å². The molecule has 0 saturated carbocycles. The Morgan fingerprint density at radius 2 is 1.70 bits per heavy atom. The van der Waals surface area contributed by atoms with Crippen molar-refractivity contribution in [3.63, 3.8) is 0 Å². The highest BCUT2D eigenvalue weighted by Gasteiger charge is 2.11. The first kappa shape index (κ1) is 18.3. The van der Waals surface area contributed by atoms with E-state index in [0.29, 0.717) is 29.6 Å². The number of nitrogens with zero attached hydrogens (tertiary/aromatic N) is 2. The van der Waals surface area contributed by atoms with Crippen LogP contribution >= 0.6 is 0 Å². The smallest absolute Gasteiger partial charge is 0.274 e. The molecule has 1 amide bonds. The second-order valence-corrected chi connectivity index (χ2v) is 5.73. The molecule has 0 unspecified atom stereocenters. The van der Waals surface area contributed by atoms with Gasteiger partial charge in [-0.25, -0.2) is 14.4 Å². The molecule has 0 radical (unpaired) electrons. The monoisotopic (exact) mass is 366 g/mol. The van der Waals surface area contributed by atoms with E-state index >= 15 is 0 Å². The lowest BCUT2D eigenvalue weighted by Crippen LogP contribution is -2.15. The molecule has 3 rings (SSSR count). The maximum absolute atomic E-state index is 13.0. The van der Waals surface area contributed by atoms with Gasteiger partial charge in [-0.3, -0.25) is 4.79 Å². The van der Waals surface area contributed by atoms with Gasteiger partial charge in [-0.2, -0.15) is 0 Å². The van der Waals surface area contributed by atoms with Gasteiger partial charge in [0.2, 0.25) is 0 Å². The summed E-state index contributed by atoms with van der Waals surface area (Å²) in [5.41, 5.74) is 1.51. The molecule has 27 heavy (non-hydrogen) atoms. The van der Waals surface area contributed by atoms with Crippen molar-refractivity contribution in [1.82, 2.24) is 9.97 Å². The van der Waals surface area contributed by atoms with Gasteiger partial charge in [0.15, 0.2) is 0 Å². The number of amides is 1. The molecule has 6 nitrogen and oxygen atoms in total. The van der Waals surface area contributed by atoms with Crippen molar-refractivity contribution in [1.29, 1.82) is 0 Å². The highest BCUT2D eigenvalue weighted by molar-refractivity contribution is 6.03. The molecule has 1 aromatic heterocycles. The lowest BCUT2D eigenvalue weighted by Gasteiger charge is -2.10. The van der Waals surface area contributed by atoms with Crippen LogP contribution in [0.3, 0.4) is 0 Å². The number of carbonyl (C=O) groups excluding carboxylic acids is 1. The van der Waals surface area contributed by atoms with Crippen molar-refractivity contribution in [2.75, 3.05) is 17.2 Å². The molecule has 0 aliphatic heterocycles. The van der Waals surface area contributed by atoms with Crippen LogP contribution in [0.4, 0.5) is 21.6 Å². The molecule has 0 spiro atoms. The minimum absolute atomic E-state index is 0.223. The summed E-state index contributed by atoms with van der Waals surface area (Å²) < 4.78 is 18.4. The molecule has 3 aromatic rings. The summed E-state index contributed by atoms with van der Waals surface area (Å²) >= 11 is 0. The Morgan fingerprint density at radius 1 is 1.04 bits per heavy atom. The number of hydrogen-bond acceptors (Lipinski definition) is 5. The van der Waals surface area contributed by atoms with Gasteiger partial charge in [0, 0.05) is 17.4 Å². The van der Waals surface area contributed by atoms with Crippen molar-refractivity contribution in [2.24, 2.45) is 0 Å². The van der Waals surface area contributed by atoms with Crippen LogP contribution in [0.1, 0.15) is 23.2 Å². The fourth-order valence-electron chi connectivity index (χ4n) is 2.43. The van der Waals surface area contributed by atoms with Gasteiger partial charge in [-0.05, 0) is 62.4 Å². The minimum atomic E-state index is -0.355. The number of halogens is 1. The fourth-order valence-corrected chi connectivity index (χ4v) is 2.43. The molecule has 2 N–H and O–H groups in total. The van der Waals surface area contributed by atoms with E-state index in [1.807, 2.05) is 6.92 Å². The second-order valence-electron chi connectivity index (χ2n) is 5.73. The lowest BCUT2D eigenvalue weighted by atomic mass is 10.2. The van der Waals surface area contributed by atoms with E-state index < -0.39 is 0 Å². The fraction of sp³-hybridized carbons (Fsp3) is 0.150. The molecule has 0 aliphatic rings. The van der Waals surface area contributed by atoms with Gasteiger partial charge in [0.05, 0.1) is 6.61 Å². The van der Waals surface area contributed by atoms with E-state index in [2.05, 4.69) is 20.6 Å². The number of ether oxygens (including phenoxy) is 1. The predicted molar refractivity (Wildman–Crippen MR) is 102 cm³/mol. The minimum Gasteiger partial charge on any atom is -0.494 e. The predicted octanol–water partition coefficient (Wildman–Crippen LogP) is 4.32. The van der Waals surface area contributed by atoms with Crippen LogP contribution in [0.15, 0.2) is 54.6 Å². The molecule has 2 aromatic carbocycles. The standard InChI is InChI=1S/C20H19FN4O2/c1-3-27-17-10-8-16(9-11-17)25-20(26)18-12-19(23-13(2)22-18)24-15-6-4-14(21)5-7-15/h4-12H,3H2,1-2H3,(H,25,26)(H,22,23,24). The molecular weight excluding hydrogens is 347 g/mol. The average molecular weight is 366 g/mol. The van der Waals surface area contributed by atoms with Gasteiger partial charge in [0.1, 0.15) is 28.9 Å². The first-order valence-electron chi connectivity index (χ1n) is 8.46. The topological polar surface area (TPSA) is 76.1 Å². The summed E-state index contributed by atoms with van der Waals surface area (Å²) in [6.07, 6.45) is 0. The molecule has 1 heterocycles. The molecular formula is C20H19FN4O2. The van der Waals surface area contributed by atoms with Crippen LogP contribution in [-0.2, 0) is 0 Å². The largest absolute Gasteiger partial charge is 0.494 e. The number of benzene rings is 2. The maximum atomic E-state index is 13.0. The van der Waals surface area contributed by atoms with Gasteiger partial charge < -0.3 is 15.4 Å². The molecule has 0 aliphatic carbocycles. The number of anilines is 3. The van der Waals surface area contributed by atoms with Gasteiger partial charge in [0.25, 0.3) is 5.91 Å². The van der Waals surface area contributed by atoms with Gasteiger partial charge in [-0.15, -0.1) is 0 Å². The number of aromatic nitrogens is 2. The third kappa shape index (κ3) is 5.01. The van der Waals surface area contributed by atoms with E-state index in [1.165, 1.54) is 12.1 Å². The highest BCUT2D eigenvalue weighted by Crippen LogP contribution is 2.18. The van der Waals surface area contributed by atoms with Crippen molar-refractivity contribution >= 4 is 23.1 Å². The second kappa shape index (κ2) is 8.27. The molecule has 0 saturated heterocycles. The van der Waals surface area contributed by atoms with Gasteiger partial charge >= 0.3 is 0 Å². The Kier molecular flexibility index (Phi) is 5.61. The zero-order valence-corrected chi connectivity index (χ0v) is 15.0. The lowest BCUT2D eigenvalue weighted by molar-refractivity contribution is 0.102. The summed E-state index contributed by atoms with van der Waals surface area (Å²) in [6, 6.07) is 14.5. The quantitative estimate of drug-likeness (QED) is 0.679. The first-order chi connectivity index (χ1) is 13.0. The molecule has 0 atom stereocenters. The third-order valence-corrected chi connectivity index (χ3v) is 3.61. The highest BCUT2D eigenvalue weighted by atomic mass is 19.1. The molecule has 0 bridgehead atoms. The Balaban J connectivity index is 1.74. The number of hydrogen-bond donors (Lipinski definition) is 2. The third-order valence-electron chi connectivity index (χ3n) is 3.61. The Morgan fingerprint density at radius 3 is 2.37 bits per heavy atom. The maximum Gasteiger partial charge on any atom is 0.274 e. The Hall–Kier alpha value is -3.48. The number of nitrogens with one attached hydrogen (secondary N) is 2. The molecule has 138 valence electrons. The van der Waals surface area contributed by atoms with E-state index in [0.717, 1.165) is 5.75 Å².